The summed E-state index contributed by atoms with van der Waals surface area (Å²) in [6.45, 7) is 2.11. The maximum absolute atomic E-state index is 12.4. The zero-order valence-electron chi connectivity index (χ0n) is 15.2. The normalized spacial score (nSPS) is 16.1. The van der Waals surface area contributed by atoms with E-state index in [2.05, 4.69) is 27.4 Å². The van der Waals surface area contributed by atoms with Crippen molar-refractivity contribution in [2.45, 2.75) is 25.7 Å². The van der Waals surface area contributed by atoms with Crippen LogP contribution in [0, 0.1) is 0 Å². The zero-order valence-corrected chi connectivity index (χ0v) is 15.2. The predicted molar refractivity (Wildman–Crippen MR) is 107 cm³/mol. The third kappa shape index (κ3) is 4.37. The molecule has 0 saturated carbocycles. The topological polar surface area (TPSA) is 54.5 Å². The Morgan fingerprint density at radius 1 is 1.04 bits per heavy atom. The molecule has 138 valence electrons. The second-order valence-electron chi connectivity index (χ2n) is 6.77. The van der Waals surface area contributed by atoms with E-state index in [1.165, 1.54) is 12.8 Å². The van der Waals surface area contributed by atoms with Crippen LogP contribution in [0.4, 0.5) is 11.5 Å². The van der Waals surface area contributed by atoms with Gasteiger partial charge in [-0.3, -0.25) is 4.79 Å². The summed E-state index contributed by atoms with van der Waals surface area (Å²) in [6, 6.07) is 11.0. The number of carbonyl (C=O) groups excluding carboxylic acids is 1. The number of aromatic nitrogens is 1. The van der Waals surface area contributed by atoms with Crippen LogP contribution in [0.25, 0.3) is 0 Å². The summed E-state index contributed by atoms with van der Waals surface area (Å²) >= 11 is 0. The highest BCUT2D eigenvalue weighted by atomic mass is 16.5. The lowest BCUT2D eigenvalue weighted by Crippen LogP contribution is -2.19. The summed E-state index contributed by atoms with van der Waals surface area (Å²) in [6.07, 6.45) is 12.3. The molecule has 1 fully saturated rings. The molecule has 0 radical (unpaired) electrons. The van der Waals surface area contributed by atoms with E-state index in [1.807, 2.05) is 30.3 Å². The summed E-state index contributed by atoms with van der Waals surface area (Å²) < 4.78 is 5.80. The van der Waals surface area contributed by atoms with E-state index in [1.54, 1.807) is 18.3 Å². The minimum absolute atomic E-state index is 0.158. The van der Waals surface area contributed by atoms with Crippen molar-refractivity contribution in [2.24, 2.45) is 0 Å². The highest BCUT2D eigenvalue weighted by molar-refractivity contribution is 6.04. The molecular formula is C22H23N3O2. The molecule has 1 saturated heterocycles. The van der Waals surface area contributed by atoms with Crippen molar-refractivity contribution >= 4 is 17.4 Å². The monoisotopic (exact) mass is 361 g/mol. The number of amides is 1. The van der Waals surface area contributed by atoms with Crippen LogP contribution in [0.2, 0.25) is 0 Å². The lowest BCUT2D eigenvalue weighted by molar-refractivity contribution is 0.102. The second-order valence-corrected chi connectivity index (χ2v) is 6.77. The molecule has 0 atom stereocenters. The van der Waals surface area contributed by atoms with Crippen LogP contribution in [0.15, 0.2) is 66.6 Å². The van der Waals surface area contributed by atoms with Crippen LogP contribution >= 0.6 is 0 Å². The Bertz CT molecular complexity index is 848. The average Bonchev–Trinajstić information content (AvgIpc) is 3.25. The first-order valence-electron chi connectivity index (χ1n) is 9.45. The fraction of sp³-hybridized carbons (Fsp3) is 0.273. The molecule has 0 spiro atoms. The number of hydrogen-bond donors (Lipinski definition) is 1. The minimum Gasteiger partial charge on any atom is -0.458 e. The van der Waals surface area contributed by atoms with Gasteiger partial charge in [-0.25, -0.2) is 4.98 Å². The van der Waals surface area contributed by atoms with Gasteiger partial charge in [-0.15, -0.1) is 0 Å². The molecule has 5 nitrogen and oxygen atoms in total. The highest BCUT2D eigenvalue weighted by Crippen LogP contribution is 2.21. The number of allylic oxidation sites excluding steroid dienone is 3. The molecule has 1 aliphatic heterocycles. The van der Waals surface area contributed by atoms with Crippen molar-refractivity contribution in [3.8, 4) is 5.75 Å². The van der Waals surface area contributed by atoms with Gasteiger partial charge in [-0.05, 0) is 74.2 Å². The van der Waals surface area contributed by atoms with Crippen molar-refractivity contribution in [1.82, 2.24) is 4.98 Å². The fourth-order valence-electron chi connectivity index (χ4n) is 3.27. The Morgan fingerprint density at radius 2 is 1.85 bits per heavy atom. The second kappa shape index (κ2) is 8.08. The van der Waals surface area contributed by atoms with Gasteiger partial charge in [-0.2, -0.15) is 0 Å². The maximum Gasteiger partial charge on any atom is 0.255 e. The Balaban J connectivity index is 1.36. The van der Waals surface area contributed by atoms with Crippen LogP contribution in [0.5, 0.6) is 5.75 Å². The SMILES string of the molecule is O=C(Nc1ccc(N2CCCC2)nc1)c1ccc(OC2=CCCC=C2)cc1. The van der Waals surface area contributed by atoms with Crippen LogP contribution in [-0.4, -0.2) is 24.0 Å². The van der Waals surface area contributed by atoms with Gasteiger partial charge in [-0.1, -0.05) is 6.08 Å². The number of pyridine rings is 1. The number of hydrogen-bond acceptors (Lipinski definition) is 4. The fourth-order valence-corrected chi connectivity index (χ4v) is 3.27. The van der Waals surface area contributed by atoms with Crippen LogP contribution in [0.3, 0.4) is 0 Å². The molecule has 2 heterocycles. The number of ether oxygens (including phenoxy) is 1. The standard InChI is InChI=1S/C22H23N3O2/c26-22(24-18-10-13-21(23-16-18)25-14-4-5-15-25)17-8-11-20(12-9-17)27-19-6-2-1-3-7-19/h2,6-13,16H,1,3-5,14-15H2,(H,24,26). The number of rotatable bonds is 5. The largest absolute Gasteiger partial charge is 0.458 e. The van der Waals surface area contributed by atoms with Gasteiger partial charge >= 0.3 is 0 Å². The summed E-state index contributed by atoms with van der Waals surface area (Å²) in [5.41, 5.74) is 1.28. The molecule has 0 unspecified atom stereocenters. The van der Waals surface area contributed by atoms with E-state index < -0.39 is 0 Å². The molecular weight excluding hydrogens is 338 g/mol. The Kier molecular flexibility index (Phi) is 5.19. The number of nitrogens with one attached hydrogen (secondary N) is 1. The quantitative estimate of drug-likeness (QED) is 0.849. The average molecular weight is 361 g/mol. The van der Waals surface area contributed by atoms with E-state index in [0.717, 1.165) is 43.3 Å². The number of benzene rings is 1. The molecule has 27 heavy (non-hydrogen) atoms. The molecule has 1 aromatic carbocycles. The van der Waals surface area contributed by atoms with Gasteiger partial charge in [0.05, 0.1) is 11.9 Å². The lowest BCUT2D eigenvalue weighted by Gasteiger charge is -2.16. The molecule has 1 aliphatic carbocycles. The molecule has 1 N–H and O–H groups in total. The highest BCUT2D eigenvalue weighted by Gasteiger charge is 2.13. The molecule has 2 aromatic rings. The van der Waals surface area contributed by atoms with Gasteiger partial charge in [0.2, 0.25) is 0 Å². The molecule has 0 bridgehead atoms. The van der Waals surface area contributed by atoms with E-state index in [-0.39, 0.29) is 5.91 Å². The number of anilines is 2. The summed E-state index contributed by atoms with van der Waals surface area (Å²) in [4.78, 5) is 19.2. The third-order valence-corrected chi connectivity index (χ3v) is 4.75. The first kappa shape index (κ1) is 17.3. The van der Waals surface area contributed by atoms with E-state index >= 15 is 0 Å². The molecule has 1 amide bonds. The van der Waals surface area contributed by atoms with Gasteiger partial charge in [0.15, 0.2) is 0 Å². The smallest absolute Gasteiger partial charge is 0.255 e. The van der Waals surface area contributed by atoms with Gasteiger partial charge < -0.3 is 15.0 Å². The number of carbonyl (C=O) groups is 1. The Hall–Kier alpha value is -3.08. The van der Waals surface area contributed by atoms with Crippen molar-refractivity contribution in [2.75, 3.05) is 23.3 Å². The van der Waals surface area contributed by atoms with E-state index in [9.17, 15) is 4.79 Å². The van der Waals surface area contributed by atoms with Crippen molar-refractivity contribution in [3.05, 3.63) is 72.1 Å². The van der Waals surface area contributed by atoms with Crippen LogP contribution < -0.4 is 15.0 Å². The van der Waals surface area contributed by atoms with Crippen molar-refractivity contribution in [1.29, 1.82) is 0 Å². The van der Waals surface area contributed by atoms with Gasteiger partial charge in [0, 0.05) is 18.7 Å². The molecule has 4 rings (SSSR count). The number of nitrogens with zero attached hydrogens (tertiary/aromatic N) is 2. The minimum atomic E-state index is -0.158. The van der Waals surface area contributed by atoms with Gasteiger partial charge in [0.25, 0.3) is 5.91 Å². The van der Waals surface area contributed by atoms with Crippen molar-refractivity contribution in [3.63, 3.8) is 0 Å². The summed E-state index contributed by atoms with van der Waals surface area (Å²) in [5, 5.41) is 2.89. The van der Waals surface area contributed by atoms with Crippen LogP contribution in [0.1, 0.15) is 36.0 Å². The molecule has 2 aliphatic rings. The van der Waals surface area contributed by atoms with Crippen molar-refractivity contribution < 1.29 is 9.53 Å². The third-order valence-electron chi connectivity index (χ3n) is 4.75. The summed E-state index contributed by atoms with van der Waals surface area (Å²) in [5.74, 6) is 2.38. The molecule has 5 heteroatoms. The van der Waals surface area contributed by atoms with E-state index in [4.69, 9.17) is 4.74 Å². The van der Waals surface area contributed by atoms with Gasteiger partial charge in [0.1, 0.15) is 17.3 Å². The van der Waals surface area contributed by atoms with E-state index in [0.29, 0.717) is 11.3 Å². The molecule has 1 aromatic heterocycles. The first-order chi connectivity index (χ1) is 13.3. The Morgan fingerprint density at radius 3 is 2.52 bits per heavy atom. The maximum atomic E-state index is 12.4. The lowest BCUT2D eigenvalue weighted by atomic mass is 10.1. The predicted octanol–water partition coefficient (Wildman–Crippen LogP) is 4.55. The van der Waals surface area contributed by atoms with Crippen LogP contribution in [-0.2, 0) is 0 Å². The Labute approximate surface area is 159 Å². The first-order valence-corrected chi connectivity index (χ1v) is 9.45. The zero-order chi connectivity index (χ0) is 18.5. The summed E-state index contributed by atoms with van der Waals surface area (Å²) in [7, 11) is 0.